The molecule has 0 aromatic heterocycles. The van der Waals surface area contributed by atoms with Crippen molar-refractivity contribution >= 4 is 23.4 Å². The van der Waals surface area contributed by atoms with Crippen molar-refractivity contribution in [3.8, 4) is 0 Å². The fraction of sp³-hybridized carbons (Fsp3) is 0.467. The van der Waals surface area contributed by atoms with E-state index in [2.05, 4.69) is 0 Å². The number of aliphatic carboxylic acids is 1. The van der Waals surface area contributed by atoms with Gasteiger partial charge in [0.1, 0.15) is 11.9 Å². The summed E-state index contributed by atoms with van der Waals surface area (Å²) in [7, 11) is 0. The van der Waals surface area contributed by atoms with Crippen LogP contribution in [0.1, 0.15) is 18.9 Å². The molecule has 1 saturated heterocycles. The highest BCUT2D eigenvalue weighted by atomic mass is 35.5. The third-order valence-electron chi connectivity index (χ3n) is 4.49. The van der Waals surface area contributed by atoms with Crippen LogP contribution >= 0.6 is 11.6 Å². The molecule has 0 spiro atoms. The Morgan fingerprint density at radius 2 is 2.24 bits per heavy atom. The number of ether oxygens (including phenoxy) is 1. The molecule has 2 fully saturated rings. The predicted molar refractivity (Wildman–Crippen MR) is 72.6 cm³/mol. The zero-order valence-electron chi connectivity index (χ0n) is 11.3. The molecule has 0 radical (unpaired) electrons. The van der Waals surface area contributed by atoms with Crippen molar-refractivity contribution in [1.82, 2.24) is 0 Å². The number of rotatable bonds is 4. The number of fused-ring (bicyclic) bond motifs is 1. The minimum Gasteiger partial charge on any atom is -0.481 e. The molecule has 2 aliphatic rings. The Morgan fingerprint density at radius 1 is 1.52 bits per heavy atom. The van der Waals surface area contributed by atoms with Gasteiger partial charge in [0.15, 0.2) is 5.78 Å². The molecule has 3 rings (SSSR count). The molecule has 1 aromatic rings. The molecule has 21 heavy (non-hydrogen) atoms. The van der Waals surface area contributed by atoms with Gasteiger partial charge in [-0.3, -0.25) is 9.59 Å². The molecule has 0 amide bonds. The van der Waals surface area contributed by atoms with E-state index in [0.717, 1.165) is 0 Å². The van der Waals surface area contributed by atoms with Crippen LogP contribution in [-0.2, 0) is 20.7 Å². The van der Waals surface area contributed by atoms with Crippen molar-refractivity contribution in [3.63, 3.8) is 0 Å². The topological polar surface area (TPSA) is 63.6 Å². The summed E-state index contributed by atoms with van der Waals surface area (Å²) in [6.45, 7) is 1.82. The van der Waals surface area contributed by atoms with Crippen molar-refractivity contribution in [3.05, 3.63) is 34.6 Å². The minimum absolute atomic E-state index is 0.00303. The average molecular weight is 313 g/mol. The Kier molecular flexibility index (Phi) is 3.30. The van der Waals surface area contributed by atoms with Crippen molar-refractivity contribution in [2.24, 2.45) is 11.8 Å². The van der Waals surface area contributed by atoms with E-state index >= 15 is 0 Å². The second-order valence-electron chi connectivity index (χ2n) is 5.56. The monoisotopic (exact) mass is 312 g/mol. The van der Waals surface area contributed by atoms with Gasteiger partial charge >= 0.3 is 5.97 Å². The van der Waals surface area contributed by atoms with E-state index in [9.17, 15) is 14.0 Å². The van der Waals surface area contributed by atoms with Crippen LogP contribution in [0.3, 0.4) is 0 Å². The number of hydrogen-bond acceptors (Lipinski definition) is 3. The maximum atomic E-state index is 13.1. The van der Waals surface area contributed by atoms with Crippen LogP contribution in [0.2, 0.25) is 5.02 Å². The SMILES string of the molecule is CCC12OC(Cc3ccc(F)c(Cl)c3)C(=O)C1C2C(=O)O. The molecule has 1 saturated carbocycles. The van der Waals surface area contributed by atoms with Crippen LogP contribution in [0.15, 0.2) is 18.2 Å². The Morgan fingerprint density at radius 3 is 2.76 bits per heavy atom. The quantitative estimate of drug-likeness (QED) is 0.927. The summed E-state index contributed by atoms with van der Waals surface area (Å²) in [6.07, 6.45) is 0.0943. The molecule has 4 atom stereocenters. The van der Waals surface area contributed by atoms with Gasteiger partial charge in [0.25, 0.3) is 0 Å². The molecular formula is C15H14ClFO4. The highest BCUT2D eigenvalue weighted by Crippen LogP contribution is 2.61. The zero-order chi connectivity index (χ0) is 15.4. The van der Waals surface area contributed by atoms with Crippen molar-refractivity contribution in [2.75, 3.05) is 0 Å². The number of Topliss-reactive ketones (excluding diaryl/α,β-unsaturated/α-hetero) is 1. The van der Waals surface area contributed by atoms with Gasteiger partial charge in [0.2, 0.25) is 0 Å². The van der Waals surface area contributed by atoms with E-state index in [1.54, 1.807) is 6.07 Å². The van der Waals surface area contributed by atoms with Crippen LogP contribution in [-0.4, -0.2) is 28.6 Å². The van der Waals surface area contributed by atoms with Gasteiger partial charge in [0, 0.05) is 6.42 Å². The summed E-state index contributed by atoms with van der Waals surface area (Å²) in [4.78, 5) is 23.4. The molecule has 0 bridgehead atoms. The van der Waals surface area contributed by atoms with Crippen LogP contribution in [0.5, 0.6) is 0 Å². The summed E-state index contributed by atoms with van der Waals surface area (Å²) >= 11 is 5.71. The molecule has 4 unspecified atom stereocenters. The van der Waals surface area contributed by atoms with Gasteiger partial charge in [-0.2, -0.15) is 0 Å². The Hall–Kier alpha value is -1.46. The Bertz CT molecular complexity index is 632. The van der Waals surface area contributed by atoms with Gasteiger partial charge in [-0.15, -0.1) is 0 Å². The summed E-state index contributed by atoms with van der Waals surface area (Å²) in [5.41, 5.74) is -0.156. The summed E-state index contributed by atoms with van der Waals surface area (Å²) in [5, 5.41) is 9.12. The lowest BCUT2D eigenvalue weighted by Crippen LogP contribution is -2.29. The van der Waals surface area contributed by atoms with Crippen LogP contribution in [0.4, 0.5) is 4.39 Å². The highest BCUT2D eigenvalue weighted by molar-refractivity contribution is 6.30. The van der Waals surface area contributed by atoms with E-state index in [0.29, 0.717) is 12.0 Å². The number of carboxylic acids is 1. The first-order valence-corrected chi connectivity index (χ1v) is 7.16. The van der Waals surface area contributed by atoms with Crippen molar-refractivity contribution in [1.29, 1.82) is 0 Å². The number of benzene rings is 1. The van der Waals surface area contributed by atoms with Gasteiger partial charge < -0.3 is 9.84 Å². The maximum absolute atomic E-state index is 13.1. The van der Waals surface area contributed by atoms with Gasteiger partial charge in [-0.05, 0) is 24.1 Å². The maximum Gasteiger partial charge on any atom is 0.310 e. The van der Waals surface area contributed by atoms with Gasteiger partial charge in [-0.1, -0.05) is 24.6 Å². The third-order valence-corrected chi connectivity index (χ3v) is 4.78. The van der Waals surface area contributed by atoms with E-state index in [-0.39, 0.29) is 17.2 Å². The Labute approximate surface area is 125 Å². The molecule has 1 heterocycles. The molecule has 1 N–H and O–H groups in total. The normalized spacial score (nSPS) is 33.9. The fourth-order valence-electron chi connectivity index (χ4n) is 3.39. The smallest absolute Gasteiger partial charge is 0.310 e. The van der Waals surface area contributed by atoms with Gasteiger partial charge in [0.05, 0.1) is 22.5 Å². The lowest BCUT2D eigenvalue weighted by molar-refractivity contribution is -0.146. The Balaban J connectivity index is 1.77. The van der Waals surface area contributed by atoms with E-state index in [1.807, 2.05) is 6.92 Å². The minimum atomic E-state index is -0.988. The first kappa shape index (κ1) is 14.5. The second kappa shape index (κ2) is 4.78. The number of hydrogen-bond donors (Lipinski definition) is 1. The zero-order valence-corrected chi connectivity index (χ0v) is 12.1. The first-order valence-electron chi connectivity index (χ1n) is 6.79. The standard InChI is InChI=1S/C15H14ClFO4/c1-2-15-11(12(15)14(19)20)13(18)10(21-15)6-7-3-4-9(17)8(16)5-7/h3-5,10-12H,2,6H2,1H3,(H,19,20). The third kappa shape index (κ3) is 2.07. The van der Waals surface area contributed by atoms with Crippen molar-refractivity contribution in [2.45, 2.75) is 31.5 Å². The first-order chi connectivity index (χ1) is 9.90. The van der Waals surface area contributed by atoms with Crippen LogP contribution in [0.25, 0.3) is 0 Å². The lowest BCUT2D eigenvalue weighted by Gasteiger charge is -2.18. The summed E-state index contributed by atoms with van der Waals surface area (Å²) in [5.74, 6) is -2.97. The van der Waals surface area contributed by atoms with Crippen LogP contribution in [0, 0.1) is 17.7 Å². The summed E-state index contributed by atoms with van der Waals surface area (Å²) in [6, 6.07) is 4.26. The molecule has 1 aromatic carbocycles. The molecule has 4 nitrogen and oxygen atoms in total. The predicted octanol–water partition coefficient (Wildman–Crippen LogP) is 2.47. The molecular weight excluding hydrogens is 299 g/mol. The number of carbonyl (C=O) groups excluding carboxylic acids is 1. The fourth-order valence-corrected chi connectivity index (χ4v) is 3.59. The van der Waals surface area contributed by atoms with E-state index in [1.165, 1.54) is 12.1 Å². The molecule has 6 heteroatoms. The van der Waals surface area contributed by atoms with E-state index < -0.39 is 35.3 Å². The number of carbonyl (C=O) groups is 2. The molecule has 1 aliphatic heterocycles. The van der Waals surface area contributed by atoms with Crippen LogP contribution < -0.4 is 0 Å². The molecule has 1 aliphatic carbocycles. The highest BCUT2D eigenvalue weighted by Gasteiger charge is 2.77. The largest absolute Gasteiger partial charge is 0.481 e. The summed E-state index contributed by atoms with van der Waals surface area (Å²) < 4.78 is 18.9. The van der Waals surface area contributed by atoms with Crippen molar-refractivity contribution < 1.29 is 23.8 Å². The van der Waals surface area contributed by atoms with E-state index in [4.69, 9.17) is 21.4 Å². The molecule has 112 valence electrons. The number of ketones is 1. The second-order valence-corrected chi connectivity index (χ2v) is 5.97. The lowest BCUT2D eigenvalue weighted by atomic mass is 10.0. The number of halogens is 2. The van der Waals surface area contributed by atoms with Gasteiger partial charge in [-0.25, -0.2) is 4.39 Å². The number of carboxylic acid groups (broad SMARTS) is 1. The average Bonchev–Trinajstić information content (AvgIpc) is 3.02.